The molecule has 2 aromatic rings. The molecule has 0 saturated carbocycles. The smallest absolute Gasteiger partial charge is 0.471 e. The second-order valence-corrected chi connectivity index (χ2v) is 7.25. The molecule has 162 valence electrons. The molecule has 1 aromatic heterocycles. The van der Waals surface area contributed by atoms with E-state index in [2.05, 4.69) is 0 Å². The maximum Gasteiger partial charge on any atom is 0.471 e. The molecule has 1 aromatic carbocycles. The summed E-state index contributed by atoms with van der Waals surface area (Å²) in [5, 5.41) is 0.512. The van der Waals surface area contributed by atoms with Crippen molar-refractivity contribution in [2.45, 2.75) is 32.5 Å². The van der Waals surface area contributed by atoms with Crippen LogP contribution in [0.1, 0.15) is 30.6 Å². The summed E-state index contributed by atoms with van der Waals surface area (Å²) in [7, 11) is 0. The Bertz CT molecular complexity index is 1020. The highest BCUT2D eigenvalue weighted by atomic mass is 19.4. The summed E-state index contributed by atoms with van der Waals surface area (Å²) in [6, 6.07) is 6.28. The monoisotopic (exact) mass is 426 g/mol. The lowest BCUT2D eigenvalue weighted by molar-refractivity contribution is -0.185. The number of alkyl halides is 3. The molecule has 1 saturated heterocycles. The average Bonchev–Trinajstić information content (AvgIpc) is 2.91. The van der Waals surface area contributed by atoms with E-state index in [-0.39, 0.29) is 49.9 Å². The van der Waals surface area contributed by atoms with E-state index in [0.29, 0.717) is 16.0 Å². The number of carbonyl (C=O) groups excluding carboxylic acids is 2. The van der Waals surface area contributed by atoms with Crippen molar-refractivity contribution < 1.29 is 31.9 Å². The summed E-state index contributed by atoms with van der Waals surface area (Å²) >= 11 is 0. The second-order valence-electron chi connectivity index (χ2n) is 7.25. The van der Waals surface area contributed by atoms with Crippen LogP contribution in [0, 0.1) is 0 Å². The highest BCUT2D eigenvalue weighted by Gasteiger charge is 2.42. The van der Waals surface area contributed by atoms with Crippen molar-refractivity contribution in [2.24, 2.45) is 0 Å². The molecular weight excluding hydrogens is 405 g/mol. The predicted molar refractivity (Wildman–Crippen MR) is 101 cm³/mol. The first-order valence-electron chi connectivity index (χ1n) is 9.46. The van der Waals surface area contributed by atoms with Crippen LogP contribution in [-0.2, 0) is 4.79 Å². The van der Waals surface area contributed by atoms with Crippen LogP contribution in [0.15, 0.2) is 33.5 Å². The lowest BCUT2D eigenvalue weighted by Gasteiger charge is -2.22. The third-order valence-electron chi connectivity index (χ3n) is 4.62. The third-order valence-corrected chi connectivity index (χ3v) is 4.62. The van der Waals surface area contributed by atoms with Gasteiger partial charge in [-0.05, 0) is 38.5 Å². The van der Waals surface area contributed by atoms with Gasteiger partial charge in [-0.15, -0.1) is 0 Å². The molecule has 7 nitrogen and oxygen atoms in total. The van der Waals surface area contributed by atoms with Gasteiger partial charge in [-0.2, -0.15) is 13.2 Å². The zero-order chi connectivity index (χ0) is 22.1. The first-order chi connectivity index (χ1) is 14.1. The zero-order valence-electron chi connectivity index (χ0n) is 16.5. The summed E-state index contributed by atoms with van der Waals surface area (Å²) < 4.78 is 48.8. The van der Waals surface area contributed by atoms with Gasteiger partial charge >= 0.3 is 17.7 Å². The lowest BCUT2D eigenvalue weighted by atomic mass is 10.1. The standard InChI is InChI=1S/C20H21F3N2O5/c1-12(2)29-14-5-4-13-10-15(18(27)30-16(13)11-14)17(26)24-6-3-7-25(9-8-24)19(28)20(21,22)23/h4-5,10-12H,3,6-9H2,1-2H3. The Morgan fingerprint density at radius 3 is 2.40 bits per heavy atom. The summed E-state index contributed by atoms with van der Waals surface area (Å²) in [5.41, 5.74) is -0.801. The number of fused-ring (bicyclic) bond motifs is 1. The molecule has 1 fully saturated rings. The van der Waals surface area contributed by atoms with E-state index in [9.17, 15) is 27.6 Å². The number of hydrogen-bond acceptors (Lipinski definition) is 5. The van der Waals surface area contributed by atoms with E-state index >= 15 is 0 Å². The maximum absolute atomic E-state index is 12.8. The molecule has 0 radical (unpaired) electrons. The molecule has 1 aliphatic heterocycles. The van der Waals surface area contributed by atoms with Gasteiger partial charge in [0.05, 0.1) is 6.10 Å². The summed E-state index contributed by atoms with van der Waals surface area (Å²) in [5.74, 6) is -2.06. The molecule has 3 rings (SSSR count). The van der Waals surface area contributed by atoms with Gasteiger partial charge in [-0.1, -0.05) is 0 Å². The third kappa shape index (κ3) is 4.74. The number of amides is 2. The van der Waals surface area contributed by atoms with Crippen molar-refractivity contribution in [3.8, 4) is 5.75 Å². The number of halogens is 3. The van der Waals surface area contributed by atoms with Gasteiger partial charge in [0.15, 0.2) is 0 Å². The highest BCUT2D eigenvalue weighted by molar-refractivity contribution is 5.96. The van der Waals surface area contributed by atoms with Gasteiger partial charge in [0.25, 0.3) is 5.91 Å². The van der Waals surface area contributed by atoms with Crippen LogP contribution in [0.2, 0.25) is 0 Å². The van der Waals surface area contributed by atoms with Crippen molar-refractivity contribution in [1.29, 1.82) is 0 Å². The Kier molecular flexibility index (Phi) is 6.04. The molecule has 2 heterocycles. The maximum atomic E-state index is 12.8. The SMILES string of the molecule is CC(C)Oc1ccc2cc(C(=O)N3CCCN(C(=O)C(F)(F)F)CC3)c(=O)oc2c1. The molecule has 2 amide bonds. The number of carbonyl (C=O) groups is 2. The van der Waals surface area contributed by atoms with Gasteiger partial charge < -0.3 is 19.0 Å². The molecule has 0 N–H and O–H groups in total. The van der Waals surface area contributed by atoms with E-state index in [1.165, 1.54) is 11.0 Å². The number of hydrogen-bond donors (Lipinski definition) is 0. The summed E-state index contributed by atoms with van der Waals surface area (Å²) in [6.07, 6.45) is -4.86. The molecule has 0 spiro atoms. The van der Waals surface area contributed by atoms with E-state index in [1.807, 2.05) is 13.8 Å². The average molecular weight is 426 g/mol. The second kappa shape index (κ2) is 8.37. The fourth-order valence-electron chi connectivity index (χ4n) is 3.26. The minimum atomic E-state index is -4.96. The minimum Gasteiger partial charge on any atom is -0.491 e. The Balaban J connectivity index is 1.80. The van der Waals surface area contributed by atoms with Crippen LogP contribution >= 0.6 is 0 Å². The Hall–Kier alpha value is -3.04. The van der Waals surface area contributed by atoms with Crippen molar-refractivity contribution >= 4 is 22.8 Å². The highest BCUT2D eigenvalue weighted by Crippen LogP contribution is 2.23. The minimum absolute atomic E-state index is 0.0677. The Labute approximate surface area is 170 Å². The predicted octanol–water partition coefficient (Wildman–Crippen LogP) is 2.82. The van der Waals surface area contributed by atoms with E-state index in [4.69, 9.17) is 9.15 Å². The summed E-state index contributed by atoms with van der Waals surface area (Å²) in [4.78, 5) is 38.6. The number of rotatable bonds is 3. The molecule has 10 heteroatoms. The van der Waals surface area contributed by atoms with Gasteiger partial charge in [0.2, 0.25) is 0 Å². The van der Waals surface area contributed by atoms with Crippen LogP contribution in [0.25, 0.3) is 11.0 Å². The lowest BCUT2D eigenvalue weighted by Crippen LogP contribution is -2.43. The Morgan fingerprint density at radius 1 is 1.07 bits per heavy atom. The summed E-state index contributed by atoms with van der Waals surface area (Å²) in [6.45, 7) is 3.34. The fraction of sp³-hybridized carbons (Fsp3) is 0.450. The molecule has 0 atom stereocenters. The van der Waals surface area contributed by atoms with Crippen LogP contribution in [0.3, 0.4) is 0 Å². The van der Waals surface area contributed by atoms with Gasteiger partial charge in [0, 0.05) is 37.6 Å². The quantitative estimate of drug-likeness (QED) is 0.706. The van der Waals surface area contributed by atoms with Crippen LogP contribution in [0.5, 0.6) is 5.75 Å². The van der Waals surface area contributed by atoms with Crippen molar-refractivity contribution in [2.75, 3.05) is 26.2 Å². The van der Waals surface area contributed by atoms with Crippen molar-refractivity contribution in [3.05, 3.63) is 40.2 Å². The Morgan fingerprint density at radius 2 is 1.73 bits per heavy atom. The number of benzene rings is 1. The van der Waals surface area contributed by atoms with Crippen LogP contribution in [0.4, 0.5) is 13.2 Å². The first-order valence-corrected chi connectivity index (χ1v) is 9.46. The van der Waals surface area contributed by atoms with E-state index in [0.717, 1.165) is 0 Å². The first kappa shape index (κ1) is 21.7. The molecule has 30 heavy (non-hydrogen) atoms. The largest absolute Gasteiger partial charge is 0.491 e. The number of nitrogens with zero attached hydrogens (tertiary/aromatic N) is 2. The van der Waals surface area contributed by atoms with Crippen molar-refractivity contribution in [1.82, 2.24) is 9.80 Å². The molecular formula is C20H21F3N2O5. The van der Waals surface area contributed by atoms with Crippen molar-refractivity contribution in [3.63, 3.8) is 0 Å². The number of ether oxygens (including phenoxy) is 1. The zero-order valence-corrected chi connectivity index (χ0v) is 16.5. The molecule has 0 bridgehead atoms. The van der Waals surface area contributed by atoms with Gasteiger partial charge in [-0.25, -0.2) is 4.79 Å². The van der Waals surface area contributed by atoms with Crippen LogP contribution in [-0.4, -0.2) is 60.1 Å². The fourth-order valence-corrected chi connectivity index (χ4v) is 3.26. The van der Waals surface area contributed by atoms with Crippen LogP contribution < -0.4 is 10.4 Å². The van der Waals surface area contributed by atoms with E-state index in [1.54, 1.807) is 18.2 Å². The molecule has 0 unspecified atom stereocenters. The normalized spacial score (nSPS) is 15.4. The topological polar surface area (TPSA) is 80.1 Å². The van der Waals surface area contributed by atoms with Gasteiger partial charge in [-0.3, -0.25) is 9.59 Å². The molecule has 1 aliphatic rings. The van der Waals surface area contributed by atoms with Gasteiger partial charge in [0.1, 0.15) is 16.9 Å². The molecule has 0 aliphatic carbocycles. The van der Waals surface area contributed by atoms with E-state index < -0.39 is 23.6 Å².